The van der Waals surface area contributed by atoms with Crippen LogP contribution in [0.15, 0.2) is 61.2 Å². The highest BCUT2D eigenvalue weighted by molar-refractivity contribution is 5.85. The van der Waals surface area contributed by atoms with Gasteiger partial charge in [0.05, 0.1) is 5.69 Å². The molecule has 104 valence electrons. The predicted octanol–water partition coefficient (Wildman–Crippen LogP) is 2.71. The minimum atomic E-state index is -1.05. The molecule has 0 bridgehead atoms. The van der Waals surface area contributed by atoms with E-state index in [4.69, 9.17) is 5.11 Å². The van der Waals surface area contributed by atoms with Gasteiger partial charge in [-0.1, -0.05) is 18.2 Å². The molecule has 0 atom stereocenters. The summed E-state index contributed by atoms with van der Waals surface area (Å²) in [5.74, 6) is -0.380. The van der Waals surface area contributed by atoms with Crippen molar-refractivity contribution in [2.24, 2.45) is 0 Å². The van der Waals surface area contributed by atoms with Gasteiger partial charge in [-0.05, 0) is 18.2 Å². The van der Waals surface area contributed by atoms with Crippen LogP contribution in [0.3, 0.4) is 0 Å². The van der Waals surface area contributed by atoms with Crippen molar-refractivity contribution >= 4 is 17.5 Å². The van der Waals surface area contributed by atoms with E-state index in [1.807, 2.05) is 36.4 Å². The molecule has 3 rings (SSSR count). The SMILES string of the molecule is O=C(O)c1cn(-c2ccnc(Nc3ccccc3)c2)cn1. The van der Waals surface area contributed by atoms with Gasteiger partial charge in [-0.25, -0.2) is 14.8 Å². The molecule has 6 nitrogen and oxygen atoms in total. The molecule has 0 saturated carbocycles. The fraction of sp³-hybridized carbons (Fsp3) is 0. The summed E-state index contributed by atoms with van der Waals surface area (Å²) in [7, 11) is 0. The lowest BCUT2D eigenvalue weighted by Gasteiger charge is -2.07. The average Bonchev–Trinajstić information content (AvgIpc) is 2.99. The molecule has 0 aliphatic carbocycles. The lowest BCUT2D eigenvalue weighted by molar-refractivity contribution is 0.0691. The molecular weight excluding hydrogens is 268 g/mol. The smallest absolute Gasteiger partial charge is 0.356 e. The number of aromatic nitrogens is 3. The predicted molar refractivity (Wildman–Crippen MR) is 78.0 cm³/mol. The van der Waals surface area contributed by atoms with Crippen LogP contribution >= 0.6 is 0 Å². The molecule has 2 heterocycles. The maximum Gasteiger partial charge on any atom is 0.356 e. The number of pyridine rings is 1. The van der Waals surface area contributed by atoms with E-state index in [1.54, 1.807) is 16.8 Å². The van der Waals surface area contributed by atoms with E-state index < -0.39 is 5.97 Å². The van der Waals surface area contributed by atoms with Crippen LogP contribution in [0.25, 0.3) is 5.69 Å². The standard InChI is InChI=1S/C15H12N4O2/c20-15(21)13-9-19(10-17-13)12-6-7-16-14(8-12)18-11-4-2-1-3-5-11/h1-10H,(H,16,18)(H,20,21). The molecule has 0 saturated heterocycles. The van der Waals surface area contributed by atoms with Crippen molar-refractivity contribution in [2.45, 2.75) is 0 Å². The normalized spacial score (nSPS) is 10.3. The molecule has 21 heavy (non-hydrogen) atoms. The number of para-hydroxylation sites is 1. The summed E-state index contributed by atoms with van der Waals surface area (Å²) in [5, 5.41) is 12.1. The van der Waals surface area contributed by atoms with Crippen LogP contribution in [0.4, 0.5) is 11.5 Å². The molecule has 1 aromatic carbocycles. The van der Waals surface area contributed by atoms with E-state index in [0.717, 1.165) is 11.4 Å². The number of imidazole rings is 1. The molecule has 0 spiro atoms. The minimum absolute atomic E-state index is 0.00406. The average molecular weight is 280 g/mol. The zero-order chi connectivity index (χ0) is 14.7. The van der Waals surface area contributed by atoms with Gasteiger partial charge in [0.1, 0.15) is 12.1 Å². The Hall–Kier alpha value is -3.15. The zero-order valence-corrected chi connectivity index (χ0v) is 11.0. The molecule has 2 aromatic heterocycles. The first-order valence-electron chi connectivity index (χ1n) is 6.28. The Morgan fingerprint density at radius 3 is 2.67 bits per heavy atom. The van der Waals surface area contributed by atoms with E-state index in [1.165, 1.54) is 12.5 Å². The molecule has 3 aromatic rings. The second-order valence-electron chi connectivity index (χ2n) is 4.36. The van der Waals surface area contributed by atoms with E-state index in [2.05, 4.69) is 15.3 Å². The van der Waals surface area contributed by atoms with Gasteiger partial charge >= 0.3 is 5.97 Å². The fourth-order valence-corrected chi connectivity index (χ4v) is 1.89. The number of aromatic carboxylic acids is 1. The number of carboxylic acids is 1. The highest BCUT2D eigenvalue weighted by Gasteiger charge is 2.08. The number of carboxylic acid groups (broad SMARTS) is 1. The molecule has 0 fully saturated rings. The van der Waals surface area contributed by atoms with E-state index in [0.29, 0.717) is 5.82 Å². The number of rotatable bonds is 4. The van der Waals surface area contributed by atoms with Crippen molar-refractivity contribution in [1.29, 1.82) is 0 Å². The van der Waals surface area contributed by atoms with Crippen LogP contribution in [0.2, 0.25) is 0 Å². The Morgan fingerprint density at radius 1 is 1.14 bits per heavy atom. The van der Waals surface area contributed by atoms with Crippen molar-refractivity contribution < 1.29 is 9.90 Å². The lowest BCUT2D eigenvalue weighted by atomic mass is 10.3. The lowest BCUT2D eigenvalue weighted by Crippen LogP contribution is -1.97. The van der Waals surface area contributed by atoms with E-state index >= 15 is 0 Å². The van der Waals surface area contributed by atoms with Gasteiger partial charge in [0, 0.05) is 24.1 Å². The van der Waals surface area contributed by atoms with Crippen molar-refractivity contribution in [1.82, 2.24) is 14.5 Å². The van der Waals surface area contributed by atoms with Gasteiger partial charge < -0.3 is 15.0 Å². The van der Waals surface area contributed by atoms with Crippen molar-refractivity contribution in [2.75, 3.05) is 5.32 Å². The summed E-state index contributed by atoms with van der Waals surface area (Å²) in [5.41, 5.74) is 1.71. The number of anilines is 2. The van der Waals surface area contributed by atoms with Crippen LogP contribution in [-0.2, 0) is 0 Å². The summed E-state index contributed by atoms with van der Waals surface area (Å²) < 4.78 is 1.64. The molecule has 6 heteroatoms. The first-order chi connectivity index (χ1) is 10.2. The Kier molecular flexibility index (Phi) is 3.34. The third kappa shape index (κ3) is 2.89. The van der Waals surface area contributed by atoms with Crippen LogP contribution in [0.5, 0.6) is 0 Å². The van der Waals surface area contributed by atoms with Gasteiger partial charge in [-0.3, -0.25) is 0 Å². The minimum Gasteiger partial charge on any atom is -0.476 e. The molecule has 0 radical (unpaired) electrons. The highest BCUT2D eigenvalue weighted by Crippen LogP contribution is 2.17. The van der Waals surface area contributed by atoms with E-state index in [-0.39, 0.29) is 5.69 Å². The zero-order valence-electron chi connectivity index (χ0n) is 11.0. The molecule has 2 N–H and O–H groups in total. The van der Waals surface area contributed by atoms with Crippen molar-refractivity contribution in [3.8, 4) is 5.69 Å². The summed E-state index contributed by atoms with van der Waals surface area (Å²) in [6.07, 6.45) is 4.58. The number of carbonyl (C=O) groups is 1. The number of hydrogen-bond acceptors (Lipinski definition) is 4. The second-order valence-corrected chi connectivity index (χ2v) is 4.36. The Morgan fingerprint density at radius 2 is 1.95 bits per heavy atom. The van der Waals surface area contributed by atoms with Crippen LogP contribution < -0.4 is 5.32 Å². The maximum atomic E-state index is 10.9. The van der Waals surface area contributed by atoms with Crippen molar-refractivity contribution in [3.63, 3.8) is 0 Å². The van der Waals surface area contributed by atoms with Crippen LogP contribution in [0.1, 0.15) is 10.5 Å². The molecule has 0 unspecified atom stereocenters. The first-order valence-corrected chi connectivity index (χ1v) is 6.28. The second kappa shape index (κ2) is 5.46. The Bertz CT molecular complexity index is 768. The number of benzene rings is 1. The van der Waals surface area contributed by atoms with Gasteiger partial charge in [-0.15, -0.1) is 0 Å². The highest BCUT2D eigenvalue weighted by atomic mass is 16.4. The summed E-state index contributed by atoms with van der Waals surface area (Å²) >= 11 is 0. The summed E-state index contributed by atoms with van der Waals surface area (Å²) in [4.78, 5) is 18.9. The maximum absolute atomic E-state index is 10.9. The van der Waals surface area contributed by atoms with Gasteiger partial charge in [0.25, 0.3) is 0 Å². The van der Waals surface area contributed by atoms with Crippen molar-refractivity contribution in [3.05, 3.63) is 66.9 Å². The summed E-state index contributed by atoms with van der Waals surface area (Å²) in [6.45, 7) is 0. The monoisotopic (exact) mass is 280 g/mol. The van der Waals surface area contributed by atoms with E-state index in [9.17, 15) is 4.79 Å². The molecule has 0 amide bonds. The topological polar surface area (TPSA) is 80.0 Å². The van der Waals surface area contributed by atoms with Gasteiger partial charge in [0.2, 0.25) is 0 Å². The molecule has 0 aliphatic heterocycles. The number of nitrogens with zero attached hydrogens (tertiary/aromatic N) is 3. The Balaban J connectivity index is 1.87. The van der Waals surface area contributed by atoms with Crippen LogP contribution in [0, 0.1) is 0 Å². The quantitative estimate of drug-likeness (QED) is 0.768. The van der Waals surface area contributed by atoms with Gasteiger partial charge in [0.15, 0.2) is 5.69 Å². The molecular formula is C15H12N4O2. The largest absolute Gasteiger partial charge is 0.476 e. The Labute approximate surface area is 120 Å². The molecule has 0 aliphatic rings. The van der Waals surface area contributed by atoms with Gasteiger partial charge in [-0.2, -0.15) is 0 Å². The fourth-order valence-electron chi connectivity index (χ4n) is 1.89. The third-order valence-electron chi connectivity index (χ3n) is 2.89. The van der Waals surface area contributed by atoms with Crippen LogP contribution in [-0.4, -0.2) is 25.6 Å². The number of nitrogens with one attached hydrogen (secondary N) is 1. The third-order valence-corrected chi connectivity index (χ3v) is 2.89. The summed E-state index contributed by atoms with van der Waals surface area (Å²) in [6, 6.07) is 13.3. The number of hydrogen-bond donors (Lipinski definition) is 2. The first kappa shape index (κ1) is 12.9.